The van der Waals surface area contributed by atoms with Crippen molar-refractivity contribution in [3.63, 3.8) is 0 Å². The first-order valence-corrected chi connectivity index (χ1v) is 19.7. The van der Waals surface area contributed by atoms with Crippen LogP contribution in [0.15, 0.2) is 133 Å². The van der Waals surface area contributed by atoms with E-state index in [2.05, 4.69) is 63.4 Å². The average molecular weight is 769 g/mol. The number of esters is 2. The van der Waals surface area contributed by atoms with Crippen LogP contribution < -0.4 is 9.47 Å². The number of benzene rings is 6. The Labute approximate surface area is 340 Å². The van der Waals surface area contributed by atoms with Gasteiger partial charge in [-0.2, -0.15) is 0 Å². The summed E-state index contributed by atoms with van der Waals surface area (Å²) in [5.41, 5.74) is 18.5. The van der Waals surface area contributed by atoms with Gasteiger partial charge < -0.3 is 19.7 Å². The maximum atomic E-state index is 11.7. The van der Waals surface area contributed by atoms with Crippen molar-refractivity contribution >= 4 is 11.9 Å². The number of carbonyl (C=O) groups excluding carboxylic acids is 2. The second-order valence-electron chi connectivity index (χ2n) is 15.5. The van der Waals surface area contributed by atoms with E-state index in [4.69, 9.17) is 9.47 Å². The number of aryl methyl sites for hydroxylation is 8. The smallest absolute Gasteiger partial charge is 0.338 e. The van der Waals surface area contributed by atoms with Crippen LogP contribution in [-0.2, 0) is 48.1 Å². The van der Waals surface area contributed by atoms with Crippen LogP contribution in [0.5, 0.6) is 23.0 Å². The van der Waals surface area contributed by atoms with Crippen molar-refractivity contribution in [3.05, 3.63) is 178 Å². The molecule has 6 nitrogen and oxygen atoms in total. The molecule has 3 aliphatic carbocycles. The third-order valence-corrected chi connectivity index (χ3v) is 10.8. The molecule has 0 bridgehead atoms. The molecule has 0 aromatic heterocycles. The molecule has 0 spiro atoms. The van der Waals surface area contributed by atoms with E-state index in [1.807, 2.05) is 48.5 Å². The monoisotopic (exact) mass is 768 g/mol. The van der Waals surface area contributed by atoms with Gasteiger partial charge in [-0.15, -0.1) is 0 Å². The lowest BCUT2D eigenvalue weighted by Crippen LogP contribution is -2.11. The lowest BCUT2D eigenvalue weighted by Gasteiger charge is -2.21. The Morgan fingerprint density at radius 3 is 1.03 bits per heavy atom. The lowest BCUT2D eigenvalue weighted by molar-refractivity contribution is -0.130. The van der Waals surface area contributed by atoms with Gasteiger partial charge in [-0.05, 0) is 182 Å². The van der Waals surface area contributed by atoms with Crippen LogP contribution in [0.2, 0.25) is 0 Å². The quantitative estimate of drug-likeness (QED) is 0.105. The molecular formula is C52H48O6. The Bertz CT molecular complexity index is 2330. The van der Waals surface area contributed by atoms with Crippen LogP contribution in [0, 0.1) is 13.8 Å². The molecule has 6 heteroatoms. The molecule has 58 heavy (non-hydrogen) atoms. The summed E-state index contributed by atoms with van der Waals surface area (Å²) in [6, 6.07) is 35.9. The summed E-state index contributed by atoms with van der Waals surface area (Å²) in [6.07, 6.45) is 5.85. The predicted octanol–water partition coefficient (Wildman–Crippen LogP) is 11.3. The minimum Gasteiger partial charge on any atom is -0.508 e. The maximum Gasteiger partial charge on any atom is 0.338 e. The van der Waals surface area contributed by atoms with Crippen molar-refractivity contribution in [2.24, 2.45) is 0 Å². The Balaban J connectivity index is 0.000000139. The van der Waals surface area contributed by atoms with Crippen molar-refractivity contribution in [2.75, 3.05) is 0 Å². The van der Waals surface area contributed by atoms with E-state index in [9.17, 15) is 19.8 Å². The Morgan fingerprint density at radius 2 is 0.707 bits per heavy atom. The molecule has 0 saturated carbocycles. The molecule has 292 valence electrons. The molecule has 9 rings (SSSR count). The molecule has 0 heterocycles. The first-order chi connectivity index (χ1) is 27.8. The van der Waals surface area contributed by atoms with Gasteiger partial charge in [-0.25, -0.2) is 9.59 Å². The second-order valence-corrected chi connectivity index (χ2v) is 15.5. The highest BCUT2D eigenvalue weighted by atomic mass is 16.5. The third-order valence-electron chi connectivity index (χ3n) is 10.8. The molecular weight excluding hydrogens is 721 g/mol. The highest BCUT2D eigenvalue weighted by molar-refractivity contribution is 5.90. The summed E-state index contributed by atoms with van der Waals surface area (Å²) in [5, 5.41) is 18.9. The predicted molar refractivity (Wildman–Crippen MR) is 232 cm³/mol. The van der Waals surface area contributed by atoms with Gasteiger partial charge in [0.25, 0.3) is 0 Å². The van der Waals surface area contributed by atoms with E-state index >= 15 is 0 Å². The zero-order chi connectivity index (χ0) is 41.1. The largest absolute Gasteiger partial charge is 0.508 e. The van der Waals surface area contributed by atoms with Crippen LogP contribution in [0.3, 0.4) is 0 Å². The van der Waals surface area contributed by atoms with Crippen molar-refractivity contribution in [1.29, 1.82) is 0 Å². The number of phenolic OH excluding ortho intramolecular Hbond substituents is 2. The topological polar surface area (TPSA) is 93.1 Å². The number of aromatic hydroxyl groups is 2. The molecule has 0 atom stereocenters. The van der Waals surface area contributed by atoms with E-state index in [0.717, 1.165) is 47.9 Å². The number of carbonyl (C=O) groups is 2. The fraction of sp³-hybridized carbons (Fsp3) is 0.192. The van der Waals surface area contributed by atoms with Crippen LogP contribution in [0.1, 0.15) is 58.4 Å². The number of fused-ring (bicyclic) bond motifs is 9. The van der Waals surface area contributed by atoms with Gasteiger partial charge in [0, 0.05) is 11.1 Å². The molecule has 0 amide bonds. The Kier molecular flexibility index (Phi) is 11.5. The average Bonchev–Trinajstić information content (AvgIpc) is 3.20. The molecule has 0 saturated heterocycles. The SMILES string of the molecule is C=C(C)C(=O)Oc1ccc2c(c1)CCc1cc(OC(=O)C(=C)C)ccc1-2.Cc1ccc2c(c1)CCc1cc(C)ccc1-2.Oc1ccc2c(c1)CCc1cc(O)ccc1-2. The number of hydrogen-bond acceptors (Lipinski definition) is 6. The summed E-state index contributed by atoms with van der Waals surface area (Å²) in [4.78, 5) is 23.4. The van der Waals surface area contributed by atoms with Gasteiger partial charge >= 0.3 is 11.9 Å². The highest BCUT2D eigenvalue weighted by Gasteiger charge is 2.20. The van der Waals surface area contributed by atoms with Crippen LogP contribution in [0.25, 0.3) is 33.4 Å². The highest BCUT2D eigenvalue weighted by Crippen LogP contribution is 2.39. The standard InChI is InChI=1S/C22H20O4.C16H16.C14H12O2/c1-13(2)21(23)25-17-7-9-19-15(11-17)5-6-16-12-18(8-10-20(16)19)26-22(24)14(3)4;1-11-3-7-15-13(9-11)5-6-14-10-12(2)4-8-16(14)15;15-11-3-5-13-9(7-11)1-2-10-8-12(16)4-6-14(10)13/h7-12H,1,3,5-6H2,2,4H3;3-4,7-10H,5-6H2,1-2H3;3-8,15-16H,1-2H2. The maximum absolute atomic E-state index is 11.7. The Hall–Kier alpha value is -6.66. The van der Waals surface area contributed by atoms with E-state index in [0.29, 0.717) is 34.1 Å². The van der Waals surface area contributed by atoms with Gasteiger partial charge in [-0.1, -0.05) is 84.9 Å². The van der Waals surface area contributed by atoms with E-state index < -0.39 is 11.9 Å². The summed E-state index contributed by atoms with van der Waals surface area (Å²) >= 11 is 0. The van der Waals surface area contributed by atoms with Gasteiger partial charge in [0.15, 0.2) is 0 Å². The molecule has 0 fully saturated rings. The van der Waals surface area contributed by atoms with Crippen LogP contribution in [0.4, 0.5) is 0 Å². The van der Waals surface area contributed by atoms with E-state index in [1.54, 1.807) is 38.1 Å². The van der Waals surface area contributed by atoms with Crippen molar-refractivity contribution in [1.82, 2.24) is 0 Å². The summed E-state index contributed by atoms with van der Waals surface area (Å²) in [5.74, 6) is 0.830. The van der Waals surface area contributed by atoms with E-state index in [-0.39, 0.29) is 0 Å². The first kappa shape index (κ1) is 39.6. The summed E-state index contributed by atoms with van der Waals surface area (Å²) in [7, 11) is 0. The molecule has 0 aliphatic heterocycles. The Morgan fingerprint density at radius 1 is 0.431 bits per heavy atom. The zero-order valence-electron chi connectivity index (χ0n) is 33.6. The summed E-state index contributed by atoms with van der Waals surface area (Å²) < 4.78 is 10.6. The minimum atomic E-state index is -0.426. The molecule has 6 aromatic rings. The van der Waals surface area contributed by atoms with Crippen molar-refractivity contribution < 1.29 is 29.3 Å². The lowest BCUT2D eigenvalue weighted by atomic mass is 9.84. The number of hydrogen-bond donors (Lipinski definition) is 2. The van der Waals surface area contributed by atoms with Crippen LogP contribution >= 0.6 is 0 Å². The van der Waals surface area contributed by atoms with Gasteiger partial charge in [0.2, 0.25) is 0 Å². The number of rotatable bonds is 4. The zero-order valence-corrected chi connectivity index (χ0v) is 33.6. The van der Waals surface area contributed by atoms with Crippen LogP contribution in [-0.4, -0.2) is 22.2 Å². The molecule has 3 aliphatic rings. The molecule has 0 unspecified atom stereocenters. The molecule has 0 radical (unpaired) electrons. The van der Waals surface area contributed by atoms with Gasteiger partial charge in [0.05, 0.1) is 0 Å². The van der Waals surface area contributed by atoms with Gasteiger partial charge in [0.1, 0.15) is 23.0 Å². The van der Waals surface area contributed by atoms with Crippen molar-refractivity contribution in [3.8, 4) is 56.4 Å². The normalized spacial score (nSPS) is 12.5. The number of ether oxygens (including phenoxy) is 2. The fourth-order valence-corrected chi connectivity index (χ4v) is 7.89. The van der Waals surface area contributed by atoms with Gasteiger partial charge in [-0.3, -0.25) is 0 Å². The fourth-order valence-electron chi connectivity index (χ4n) is 7.89. The second kappa shape index (κ2) is 16.8. The summed E-state index contributed by atoms with van der Waals surface area (Å²) in [6.45, 7) is 14.8. The number of phenols is 2. The molecule has 6 aromatic carbocycles. The molecule has 2 N–H and O–H groups in total. The third kappa shape index (κ3) is 8.82. The minimum absolute atomic E-state index is 0.320. The van der Waals surface area contributed by atoms with Crippen molar-refractivity contribution in [2.45, 2.75) is 66.2 Å². The first-order valence-electron chi connectivity index (χ1n) is 19.7. The van der Waals surface area contributed by atoms with E-state index in [1.165, 1.54) is 68.5 Å².